The van der Waals surface area contributed by atoms with Gasteiger partial charge in [0.15, 0.2) is 0 Å². The number of nitrogens with zero attached hydrogens (tertiary/aromatic N) is 2. The van der Waals surface area contributed by atoms with Gasteiger partial charge in [0.1, 0.15) is 5.75 Å². The minimum atomic E-state index is 0.0323. The fourth-order valence-electron chi connectivity index (χ4n) is 4.60. The van der Waals surface area contributed by atoms with Crippen LogP contribution in [0.5, 0.6) is 5.75 Å². The summed E-state index contributed by atoms with van der Waals surface area (Å²) in [6, 6.07) is 9.45. The Balaban J connectivity index is 1.50. The summed E-state index contributed by atoms with van der Waals surface area (Å²) in [5.74, 6) is 0.482. The van der Waals surface area contributed by atoms with Crippen molar-refractivity contribution in [2.45, 2.75) is 31.2 Å². The number of H-pyrrole nitrogens is 1. The van der Waals surface area contributed by atoms with Crippen LogP contribution in [0.1, 0.15) is 40.2 Å². The van der Waals surface area contributed by atoms with Gasteiger partial charge < -0.3 is 20.7 Å². The number of rotatable bonds is 1. The maximum absolute atomic E-state index is 13.2. The molecule has 5 rings (SSSR count). The van der Waals surface area contributed by atoms with Gasteiger partial charge in [0, 0.05) is 29.6 Å². The topological polar surface area (TPSA) is 95.2 Å². The predicted octanol–water partition coefficient (Wildman–Crippen LogP) is 2.80. The van der Waals surface area contributed by atoms with E-state index in [1.54, 1.807) is 12.4 Å². The molecule has 3 aromatic rings. The number of hydrogen-bond acceptors (Lipinski definition) is 4. The van der Waals surface area contributed by atoms with Crippen LogP contribution in [0.4, 0.5) is 5.69 Å². The number of aromatic nitrogens is 2. The van der Waals surface area contributed by atoms with Crippen LogP contribution in [0.25, 0.3) is 11.0 Å². The summed E-state index contributed by atoms with van der Waals surface area (Å²) in [4.78, 5) is 22.5. The molecule has 0 spiro atoms. The molecule has 2 aliphatic rings. The van der Waals surface area contributed by atoms with Crippen molar-refractivity contribution in [3.8, 4) is 5.75 Å². The average Bonchev–Trinajstić information content (AvgIpc) is 3.27. The van der Waals surface area contributed by atoms with E-state index in [1.807, 2.05) is 29.2 Å². The second-order valence-corrected chi connectivity index (χ2v) is 7.22. The maximum Gasteiger partial charge on any atom is 0.254 e. The number of likely N-dealkylation sites (tertiary alicyclic amines) is 1. The van der Waals surface area contributed by atoms with Gasteiger partial charge in [0.25, 0.3) is 5.91 Å². The van der Waals surface area contributed by atoms with Gasteiger partial charge in [0.05, 0.1) is 23.0 Å². The van der Waals surface area contributed by atoms with Crippen LogP contribution >= 0.6 is 0 Å². The van der Waals surface area contributed by atoms with Crippen molar-refractivity contribution < 1.29 is 9.90 Å². The van der Waals surface area contributed by atoms with Gasteiger partial charge in [-0.1, -0.05) is 6.07 Å². The molecule has 26 heavy (non-hydrogen) atoms. The Morgan fingerprint density at radius 1 is 1.31 bits per heavy atom. The van der Waals surface area contributed by atoms with Gasteiger partial charge in [-0.2, -0.15) is 0 Å². The number of carbonyl (C=O) groups is 1. The quantitative estimate of drug-likeness (QED) is 0.465. The summed E-state index contributed by atoms with van der Waals surface area (Å²) in [6.07, 6.45) is 4.29. The first-order valence-corrected chi connectivity index (χ1v) is 8.98. The Labute approximate surface area is 150 Å². The normalized spacial score (nSPS) is 21.6. The Bertz CT molecular complexity index is 1030. The molecule has 4 N–H and O–H groups in total. The molecular weight excluding hydrogens is 328 g/mol. The van der Waals surface area contributed by atoms with Crippen LogP contribution < -0.4 is 5.73 Å². The fourth-order valence-corrected chi connectivity index (χ4v) is 4.60. The van der Waals surface area contributed by atoms with Crippen molar-refractivity contribution in [1.29, 1.82) is 0 Å². The average molecular weight is 348 g/mol. The minimum Gasteiger partial charge on any atom is -0.505 e. The SMILES string of the molecule is Nc1ccc2c(c1O)CC1C2CCCN1C(=O)c1ccc2[nH]cnc2c1. The number of carbonyl (C=O) groups excluding carboxylic acids is 1. The monoisotopic (exact) mass is 348 g/mol. The van der Waals surface area contributed by atoms with E-state index in [2.05, 4.69) is 9.97 Å². The highest BCUT2D eigenvalue weighted by molar-refractivity contribution is 5.97. The van der Waals surface area contributed by atoms with E-state index in [0.29, 0.717) is 17.7 Å². The molecule has 1 aliphatic heterocycles. The third-order valence-corrected chi connectivity index (χ3v) is 5.87. The predicted molar refractivity (Wildman–Crippen MR) is 99.1 cm³/mol. The molecule has 2 aromatic carbocycles. The van der Waals surface area contributed by atoms with Crippen molar-refractivity contribution >= 4 is 22.6 Å². The molecule has 1 aromatic heterocycles. The van der Waals surface area contributed by atoms with E-state index in [0.717, 1.165) is 41.5 Å². The van der Waals surface area contributed by atoms with Crippen LogP contribution in [-0.4, -0.2) is 38.5 Å². The summed E-state index contributed by atoms with van der Waals surface area (Å²) < 4.78 is 0. The zero-order valence-electron chi connectivity index (χ0n) is 14.3. The molecule has 1 amide bonds. The molecule has 0 radical (unpaired) electrons. The number of imidazole rings is 1. The number of phenolic OH excluding ortho intramolecular Hbond substituents is 1. The summed E-state index contributed by atoms with van der Waals surface area (Å²) >= 11 is 0. The zero-order chi connectivity index (χ0) is 17.8. The number of piperidine rings is 1. The molecule has 2 unspecified atom stereocenters. The molecule has 0 bridgehead atoms. The molecule has 2 heterocycles. The van der Waals surface area contributed by atoms with Crippen molar-refractivity contribution in [3.63, 3.8) is 0 Å². The van der Waals surface area contributed by atoms with E-state index in [-0.39, 0.29) is 23.6 Å². The van der Waals surface area contributed by atoms with Gasteiger partial charge in [0.2, 0.25) is 0 Å². The standard InChI is InChI=1S/C20H20N4O2/c21-15-5-4-12-13-2-1-7-24(18(13)9-14(12)19(15)25)20(26)11-3-6-16-17(8-11)23-10-22-16/h3-6,8,10,13,18,25H,1-2,7,9,21H2,(H,22,23). The van der Waals surface area contributed by atoms with Gasteiger partial charge in [-0.15, -0.1) is 0 Å². The lowest BCUT2D eigenvalue weighted by atomic mass is 9.88. The zero-order valence-corrected chi connectivity index (χ0v) is 14.3. The van der Waals surface area contributed by atoms with Crippen molar-refractivity contribution in [3.05, 3.63) is 53.3 Å². The Morgan fingerprint density at radius 3 is 3.08 bits per heavy atom. The lowest BCUT2D eigenvalue weighted by molar-refractivity contribution is 0.0595. The molecule has 6 heteroatoms. The van der Waals surface area contributed by atoms with Crippen LogP contribution in [0.15, 0.2) is 36.7 Å². The van der Waals surface area contributed by atoms with Crippen LogP contribution in [-0.2, 0) is 6.42 Å². The van der Waals surface area contributed by atoms with E-state index < -0.39 is 0 Å². The lowest BCUT2D eigenvalue weighted by Crippen LogP contribution is -2.46. The number of phenols is 1. The van der Waals surface area contributed by atoms with E-state index in [4.69, 9.17) is 5.73 Å². The van der Waals surface area contributed by atoms with Crippen molar-refractivity contribution in [2.75, 3.05) is 12.3 Å². The highest BCUT2D eigenvalue weighted by Gasteiger charge is 2.42. The Morgan fingerprint density at radius 2 is 2.19 bits per heavy atom. The molecule has 6 nitrogen and oxygen atoms in total. The largest absolute Gasteiger partial charge is 0.505 e. The molecule has 1 fully saturated rings. The number of hydrogen-bond donors (Lipinski definition) is 3. The third-order valence-electron chi connectivity index (χ3n) is 5.87. The second kappa shape index (κ2) is 5.49. The number of nitrogens with two attached hydrogens (primary N) is 1. The Kier molecular flexibility index (Phi) is 3.22. The van der Waals surface area contributed by atoms with E-state index >= 15 is 0 Å². The number of aromatic hydroxyl groups is 1. The minimum absolute atomic E-state index is 0.0323. The highest BCUT2D eigenvalue weighted by atomic mass is 16.3. The van der Waals surface area contributed by atoms with Crippen LogP contribution in [0.3, 0.4) is 0 Å². The van der Waals surface area contributed by atoms with Crippen molar-refractivity contribution in [2.24, 2.45) is 0 Å². The van der Waals surface area contributed by atoms with Crippen LogP contribution in [0, 0.1) is 0 Å². The van der Waals surface area contributed by atoms with Crippen molar-refractivity contribution in [1.82, 2.24) is 14.9 Å². The summed E-state index contributed by atoms with van der Waals surface area (Å²) in [5.41, 5.74) is 10.7. The fraction of sp³-hybridized carbons (Fsp3) is 0.300. The first kappa shape index (κ1) is 15.3. The molecule has 1 saturated heterocycles. The lowest BCUT2D eigenvalue weighted by Gasteiger charge is -2.38. The first-order valence-electron chi connectivity index (χ1n) is 8.98. The first-order chi connectivity index (χ1) is 12.6. The third kappa shape index (κ3) is 2.11. The van der Waals surface area contributed by atoms with E-state index in [1.165, 1.54) is 0 Å². The number of anilines is 1. The van der Waals surface area contributed by atoms with Gasteiger partial charge in [-0.05, 0) is 49.1 Å². The smallest absolute Gasteiger partial charge is 0.254 e. The molecule has 1 aliphatic carbocycles. The summed E-state index contributed by atoms with van der Waals surface area (Å²) in [7, 11) is 0. The number of nitrogen functional groups attached to an aromatic ring is 1. The number of benzene rings is 2. The van der Waals surface area contributed by atoms with Gasteiger partial charge >= 0.3 is 0 Å². The maximum atomic E-state index is 13.2. The Hall–Kier alpha value is -3.02. The molecule has 132 valence electrons. The number of nitrogens with one attached hydrogen (secondary N) is 1. The molecule has 0 saturated carbocycles. The number of fused-ring (bicyclic) bond motifs is 4. The van der Waals surface area contributed by atoms with Crippen LogP contribution in [0.2, 0.25) is 0 Å². The van der Waals surface area contributed by atoms with Gasteiger partial charge in [-0.3, -0.25) is 4.79 Å². The van der Waals surface area contributed by atoms with E-state index in [9.17, 15) is 9.90 Å². The number of amides is 1. The molecular formula is C20H20N4O2. The second-order valence-electron chi connectivity index (χ2n) is 7.22. The molecule has 2 atom stereocenters. The highest BCUT2D eigenvalue weighted by Crippen LogP contribution is 2.46. The summed E-state index contributed by atoms with van der Waals surface area (Å²) in [6.45, 7) is 0.739. The van der Waals surface area contributed by atoms with Gasteiger partial charge in [-0.25, -0.2) is 4.98 Å². The summed E-state index contributed by atoms with van der Waals surface area (Å²) in [5, 5.41) is 10.4. The number of aromatic amines is 1.